The molecule has 0 spiro atoms. The minimum atomic E-state index is -1.62. The van der Waals surface area contributed by atoms with Gasteiger partial charge in [-0.2, -0.15) is 0 Å². The Morgan fingerprint density at radius 3 is 2.53 bits per heavy atom. The number of aliphatic carboxylic acids is 1. The number of carbonyl (C=O) groups is 1. The summed E-state index contributed by atoms with van der Waals surface area (Å²) in [7, 11) is 0. The predicted molar refractivity (Wildman–Crippen MR) is 65.4 cm³/mol. The van der Waals surface area contributed by atoms with E-state index >= 15 is 0 Å². The fourth-order valence-corrected chi connectivity index (χ4v) is 1.82. The van der Waals surface area contributed by atoms with Crippen molar-refractivity contribution in [3.8, 4) is 0 Å². The number of hydrogen-bond donors (Lipinski definition) is 2. The van der Waals surface area contributed by atoms with E-state index in [4.69, 9.17) is 16.0 Å². The summed E-state index contributed by atoms with van der Waals surface area (Å²) in [6.07, 6.45) is 2.68. The minimum absolute atomic E-state index is 0.00987. The summed E-state index contributed by atoms with van der Waals surface area (Å²) in [6, 6.07) is 6.34. The molecule has 0 saturated carbocycles. The van der Waals surface area contributed by atoms with Crippen molar-refractivity contribution in [2.24, 2.45) is 0 Å². The molecule has 6 heteroatoms. The Bertz CT molecular complexity index is 526. The maximum absolute atomic E-state index is 11.4. The number of rotatable bonds is 3. The summed E-state index contributed by atoms with van der Waals surface area (Å²) in [5.74, 6) is -1.15. The lowest BCUT2D eigenvalue weighted by molar-refractivity contribution is -0.139. The van der Waals surface area contributed by atoms with E-state index in [0.717, 1.165) is 0 Å². The lowest BCUT2D eigenvalue weighted by atomic mass is 9.98. The molecule has 0 radical (unpaired) electrons. The van der Waals surface area contributed by atoms with Crippen molar-refractivity contribution < 1.29 is 14.3 Å². The molecule has 17 heavy (non-hydrogen) atoms. The van der Waals surface area contributed by atoms with Gasteiger partial charge in [0.05, 0.1) is 6.20 Å². The largest absolute Gasteiger partial charge is 0.480 e. The third-order valence-electron chi connectivity index (χ3n) is 2.31. The molecule has 0 aliphatic rings. The molecule has 88 valence electrons. The fourth-order valence-electron chi connectivity index (χ4n) is 1.43. The molecule has 1 N–H and O–H groups in total. The third kappa shape index (κ3) is 2.03. The highest BCUT2D eigenvalue weighted by atomic mass is 35.5. The van der Waals surface area contributed by atoms with Crippen LogP contribution in [0.5, 0.6) is 0 Å². The zero-order chi connectivity index (χ0) is 12.5. The third-order valence-corrected chi connectivity index (χ3v) is 3.21. The molecule has 2 rings (SSSR count). The molecule has 2 aromatic rings. The highest BCUT2D eigenvalue weighted by molar-refractivity contribution is 7.82. The number of thiol groups is 1. The smallest absolute Gasteiger partial charge is 0.333 e. The lowest BCUT2D eigenvalue weighted by Crippen LogP contribution is -2.31. The van der Waals surface area contributed by atoms with Gasteiger partial charge in [0, 0.05) is 5.02 Å². The van der Waals surface area contributed by atoms with E-state index in [9.17, 15) is 9.90 Å². The number of halogens is 1. The normalized spacial score (nSPS) is 14.2. The van der Waals surface area contributed by atoms with E-state index in [2.05, 4.69) is 17.6 Å². The van der Waals surface area contributed by atoms with Gasteiger partial charge in [0.1, 0.15) is 6.26 Å². The molecule has 0 aliphatic heterocycles. The van der Waals surface area contributed by atoms with Gasteiger partial charge in [-0.15, -0.1) is 12.6 Å². The van der Waals surface area contributed by atoms with Gasteiger partial charge in [0.25, 0.3) is 0 Å². The van der Waals surface area contributed by atoms with Crippen LogP contribution in [0.4, 0.5) is 0 Å². The summed E-state index contributed by atoms with van der Waals surface area (Å²) in [5.41, 5.74) is 0.431. The van der Waals surface area contributed by atoms with Crippen LogP contribution in [0.1, 0.15) is 11.5 Å². The average molecular weight is 270 g/mol. The first-order valence-corrected chi connectivity index (χ1v) is 5.49. The van der Waals surface area contributed by atoms with Gasteiger partial charge in [-0.3, -0.25) is 0 Å². The van der Waals surface area contributed by atoms with Gasteiger partial charge in [0.15, 0.2) is 0 Å². The molecule has 0 amide bonds. The van der Waals surface area contributed by atoms with E-state index in [1.165, 1.54) is 12.5 Å². The highest BCUT2D eigenvalue weighted by Gasteiger charge is 2.43. The van der Waals surface area contributed by atoms with Gasteiger partial charge in [0.2, 0.25) is 10.6 Å². The SMILES string of the molecule is O=C(O)C(S)(c1ccc(Cl)cc1)c1ncco1. The van der Waals surface area contributed by atoms with E-state index < -0.39 is 10.7 Å². The number of benzene rings is 1. The Balaban J connectivity index is 2.56. The van der Waals surface area contributed by atoms with E-state index in [1.54, 1.807) is 24.3 Å². The van der Waals surface area contributed by atoms with Crippen LogP contribution >= 0.6 is 24.2 Å². The molecule has 1 unspecified atom stereocenters. The Kier molecular flexibility index (Phi) is 3.13. The number of hydrogen-bond acceptors (Lipinski definition) is 4. The molecular weight excluding hydrogens is 262 g/mol. The predicted octanol–water partition coefficient (Wildman–Crippen LogP) is 2.59. The van der Waals surface area contributed by atoms with E-state index in [1.807, 2.05) is 0 Å². The molecule has 1 aromatic carbocycles. The molecule has 1 aromatic heterocycles. The summed E-state index contributed by atoms with van der Waals surface area (Å²) in [5, 5.41) is 9.83. The number of oxazole rings is 1. The molecular formula is C11H8ClNO3S. The van der Waals surface area contributed by atoms with Gasteiger partial charge >= 0.3 is 5.97 Å². The first-order chi connectivity index (χ1) is 8.05. The maximum Gasteiger partial charge on any atom is 0.333 e. The topological polar surface area (TPSA) is 63.3 Å². The fraction of sp³-hybridized carbons (Fsp3) is 0.0909. The zero-order valence-electron chi connectivity index (χ0n) is 8.50. The van der Waals surface area contributed by atoms with Crippen LogP contribution in [-0.2, 0) is 9.54 Å². The maximum atomic E-state index is 11.4. The quantitative estimate of drug-likeness (QED) is 0.841. The lowest BCUT2D eigenvalue weighted by Gasteiger charge is -2.20. The molecule has 0 bridgehead atoms. The first kappa shape index (κ1) is 12.0. The van der Waals surface area contributed by atoms with Crippen molar-refractivity contribution in [2.75, 3.05) is 0 Å². The Morgan fingerprint density at radius 1 is 1.41 bits per heavy atom. The summed E-state index contributed by atoms with van der Waals surface area (Å²) < 4.78 is 3.43. The second kappa shape index (κ2) is 4.43. The Hall–Kier alpha value is -1.46. The van der Waals surface area contributed by atoms with Crippen molar-refractivity contribution in [3.05, 3.63) is 53.2 Å². The molecule has 0 aliphatic carbocycles. The number of carboxylic acids is 1. The van der Waals surface area contributed by atoms with Crippen LogP contribution < -0.4 is 0 Å². The molecule has 0 fully saturated rings. The van der Waals surface area contributed by atoms with Crippen LogP contribution in [0.3, 0.4) is 0 Å². The van der Waals surface area contributed by atoms with Crippen molar-refractivity contribution >= 4 is 30.2 Å². The van der Waals surface area contributed by atoms with Crippen LogP contribution in [0, 0.1) is 0 Å². The Labute approximate surface area is 108 Å². The van der Waals surface area contributed by atoms with Gasteiger partial charge in [-0.1, -0.05) is 23.7 Å². The first-order valence-electron chi connectivity index (χ1n) is 4.67. The van der Waals surface area contributed by atoms with Gasteiger partial charge in [-0.05, 0) is 17.7 Å². The monoisotopic (exact) mass is 269 g/mol. The van der Waals surface area contributed by atoms with E-state index in [0.29, 0.717) is 10.6 Å². The highest BCUT2D eigenvalue weighted by Crippen LogP contribution is 2.36. The van der Waals surface area contributed by atoms with Crippen molar-refractivity contribution in [1.29, 1.82) is 0 Å². The van der Waals surface area contributed by atoms with Crippen molar-refractivity contribution in [2.45, 2.75) is 4.75 Å². The second-order valence-electron chi connectivity index (χ2n) is 3.36. The van der Waals surface area contributed by atoms with Gasteiger partial charge in [-0.25, -0.2) is 9.78 Å². The minimum Gasteiger partial charge on any atom is -0.480 e. The second-order valence-corrected chi connectivity index (χ2v) is 4.47. The van der Waals surface area contributed by atoms with E-state index in [-0.39, 0.29) is 5.89 Å². The Morgan fingerprint density at radius 2 is 2.06 bits per heavy atom. The molecule has 4 nitrogen and oxygen atoms in total. The summed E-state index contributed by atoms with van der Waals surface area (Å²) in [6.45, 7) is 0. The molecule has 1 atom stereocenters. The van der Waals surface area contributed by atoms with Crippen LogP contribution in [0.15, 0.2) is 41.1 Å². The standard InChI is InChI=1S/C11H8ClNO3S/c12-8-3-1-7(2-4-8)11(17,10(14)15)9-13-5-6-16-9/h1-6,17H,(H,14,15). The number of carboxylic acid groups (broad SMARTS) is 1. The van der Waals surface area contributed by atoms with Gasteiger partial charge < -0.3 is 9.52 Å². The molecule has 0 saturated heterocycles. The van der Waals surface area contributed by atoms with Crippen molar-refractivity contribution in [1.82, 2.24) is 4.98 Å². The zero-order valence-corrected chi connectivity index (χ0v) is 10.2. The summed E-state index contributed by atoms with van der Waals surface area (Å²) in [4.78, 5) is 15.2. The molecule has 1 heterocycles. The average Bonchev–Trinajstić information content (AvgIpc) is 2.82. The van der Waals surface area contributed by atoms with Crippen LogP contribution in [0.25, 0.3) is 0 Å². The van der Waals surface area contributed by atoms with Crippen molar-refractivity contribution in [3.63, 3.8) is 0 Å². The van der Waals surface area contributed by atoms with Crippen LogP contribution in [-0.4, -0.2) is 16.1 Å². The number of nitrogens with zero attached hydrogens (tertiary/aromatic N) is 1. The van der Waals surface area contributed by atoms with Crippen LogP contribution in [0.2, 0.25) is 5.02 Å². The number of aromatic nitrogens is 1. The summed E-state index contributed by atoms with van der Waals surface area (Å²) >= 11 is 9.95.